The standard InChI is InChI=1S/C31H36Cl2N4O/c32-28-14-13-25(23-29(28)33)31(16-8-18-37(24-31)30(38)34-26-9-3-1-4-10-26)15-7-17-35-19-21-36(22-20-35)27-11-5-2-6-12-27/h1-6,9-14,23H,7-8,15-22,24H2,(H,34,38). The second-order valence-electron chi connectivity index (χ2n) is 10.5. The van der Waals surface area contributed by atoms with Crippen LogP contribution in [0.25, 0.3) is 0 Å². The molecule has 38 heavy (non-hydrogen) atoms. The van der Waals surface area contributed by atoms with Crippen LogP contribution in [0, 0.1) is 0 Å². The van der Waals surface area contributed by atoms with Gasteiger partial charge in [0.1, 0.15) is 0 Å². The lowest BCUT2D eigenvalue weighted by Crippen LogP contribution is -2.50. The van der Waals surface area contributed by atoms with Crippen LogP contribution in [0.2, 0.25) is 10.0 Å². The van der Waals surface area contributed by atoms with Crippen molar-refractivity contribution in [2.75, 3.05) is 56.0 Å². The van der Waals surface area contributed by atoms with Gasteiger partial charge in [0.15, 0.2) is 0 Å². The predicted molar refractivity (Wildman–Crippen MR) is 159 cm³/mol. The highest BCUT2D eigenvalue weighted by Gasteiger charge is 2.39. The second kappa shape index (κ2) is 12.4. The SMILES string of the molecule is O=C(Nc1ccccc1)N1CCCC(CCCN2CCN(c3ccccc3)CC2)(c2ccc(Cl)c(Cl)c2)C1. The zero-order chi connectivity index (χ0) is 26.4. The first-order valence-corrected chi connectivity index (χ1v) is 14.4. The molecule has 0 aliphatic carbocycles. The van der Waals surface area contributed by atoms with E-state index in [9.17, 15) is 4.79 Å². The van der Waals surface area contributed by atoms with Gasteiger partial charge in [0.2, 0.25) is 0 Å². The van der Waals surface area contributed by atoms with Crippen molar-refractivity contribution < 1.29 is 4.79 Å². The molecule has 3 aromatic rings. The lowest BCUT2D eigenvalue weighted by molar-refractivity contribution is 0.147. The van der Waals surface area contributed by atoms with Gasteiger partial charge in [-0.15, -0.1) is 0 Å². The molecular formula is C31H36Cl2N4O. The number of benzene rings is 3. The van der Waals surface area contributed by atoms with Gasteiger partial charge in [-0.25, -0.2) is 4.79 Å². The Morgan fingerprint density at radius 2 is 1.55 bits per heavy atom. The number of likely N-dealkylation sites (tertiary alicyclic amines) is 1. The monoisotopic (exact) mass is 550 g/mol. The fourth-order valence-corrected chi connectivity index (χ4v) is 6.25. The Labute approximate surface area is 236 Å². The van der Waals surface area contributed by atoms with Gasteiger partial charge in [-0.2, -0.15) is 0 Å². The number of amides is 2. The molecule has 7 heteroatoms. The van der Waals surface area contributed by atoms with E-state index < -0.39 is 0 Å². The number of nitrogens with zero attached hydrogens (tertiary/aromatic N) is 3. The maximum absolute atomic E-state index is 13.2. The van der Waals surface area contributed by atoms with Crippen LogP contribution in [0.5, 0.6) is 0 Å². The van der Waals surface area contributed by atoms with Gasteiger partial charge in [-0.05, 0) is 74.2 Å². The number of hydrogen-bond donors (Lipinski definition) is 1. The summed E-state index contributed by atoms with van der Waals surface area (Å²) in [7, 11) is 0. The van der Waals surface area contributed by atoms with Crippen LogP contribution in [-0.4, -0.2) is 61.6 Å². The lowest BCUT2D eigenvalue weighted by atomic mass is 9.71. The molecule has 2 amide bonds. The summed E-state index contributed by atoms with van der Waals surface area (Å²) in [5.74, 6) is 0. The molecule has 2 saturated heterocycles. The number of hydrogen-bond acceptors (Lipinski definition) is 3. The quantitative estimate of drug-likeness (QED) is 0.339. The second-order valence-corrected chi connectivity index (χ2v) is 11.3. The molecule has 0 spiro atoms. The van der Waals surface area contributed by atoms with E-state index in [1.54, 1.807) is 0 Å². The number of urea groups is 1. The van der Waals surface area contributed by atoms with Gasteiger partial charge in [-0.3, -0.25) is 4.90 Å². The molecular weight excluding hydrogens is 515 g/mol. The molecule has 3 aromatic carbocycles. The van der Waals surface area contributed by atoms with Gasteiger partial charge in [0, 0.05) is 56.1 Å². The molecule has 2 aliphatic rings. The molecule has 0 saturated carbocycles. The Kier molecular flexibility index (Phi) is 8.78. The third kappa shape index (κ3) is 6.45. The van der Waals surface area contributed by atoms with Crippen molar-refractivity contribution in [2.45, 2.75) is 31.1 Å². The number of rotatable bonds is 7. The van der Waals surface area contributed by atoms with Crippen molar-refractivity contribution >= 4 is 40.6 Å². The first-order valence-electron chi connectivity index (χ1n) is 13.6. The average Bonchev–Trinajstić information content (AvgIpc) is 2.96. The van der Waals surface area contributed by atoms with Crippen LogP contribution >= 0.6 is 23.2 Å². The van der Waals surface area contributed by atoms with Gasteiger partial charge in [-0.1, -0.05) is 65.7 Å². The summed E-state index contributed by atoms with van der Waals surface area (Å²) in [5.41, 5.74) is 3.16. The highest BCUT2D eigenvalue weighted by molar-refractivity contribution is 6.42. The highest BCUT2D eigenvalue weighted by atomic mass is 35.5. The number of piperidine rings is 1. The van der Waals surface area contributed by atoms with E-state index in [2.05, 4.69) is 51.5 Å². The highest BCUT2D eigenvalue weighted by Crippen LogP contribution is 2.40. The van der Waals surface area contributed by atoms with Crippen LogP contribution in [0.15, 0.2) is 78.9 Å². The fraction of sp³-hybridized carbons (Fsp3) is 0.387. The van der Waals surface area contributed by atoms with E-state index in [4.69, 9.17) is 23.2 Å². The average molecular weight is 552 g/mol. The zero-order valence-corrected chi connectivity index (χ0v) is 23.3. The van der Waals surface area contributed by atoms with E-state index in [0.29, 0.717) is 16.6 Å². The molecule has 5 nitrogen and oxygen atoms in total. The number of piperazine rings is 1. The third-order valence-corrected chi connectivity index (χ3v) is 8.78. The normalized spacial score (nSPS) is 20.4. The predicted octanol–water partition coefficient (Wildman–Crippen LogP) is 7.16. The Morgan fingerprint density at radius 3 is 2.26 bits per heavy atom. The molecule has 0 bridgehead atoms. The number of anilines is 2. The van der Waals surface area contributed by atoms with E-state index >= 15 is 0 Å². The largest absolute Gasteiger partial charge is 0.369 e. The fourth-order valence-electron chi connectivity index (χ4n) is 5.95. The third-order valence-electron chi connectivity index (χ3n) is 8.04. The van der Waals surface area contributed by atoms with Crippen LogP contribution in [0.3, 0.4) is 0 Å². The van der Waals surface area contributed by atoms with E-state index in [1.807, 2.05) is 47.4 Å². The Morgan fingerprint density at radius 1 is 0.842 bits per heavy atom. The van der Waals surface area contributed by atoms with Gasteiger partial charge in [0.25, 0.3) is 0 Å². The number of carbonyl (C=O) groups excluding carboxylic acids is 1. The van der Waals surface area contributed by atoms with Gasteiger partial charge in [0.05, 0.1) is 10.0 Å². The first kappa shape index (κ1) is 26.9. The molecule has 5 rings (SSSR count). The lowest BCUT2D eigenvalue weighted by Gasteiger charge is -2.44. The van der Waals surface area contributed by atoms with Crippen LogP contribution in [-0.2, 0) is 5.41 Å². The summed E-state index contributed by atoms with van der Waals surface area (Å²) in [6.45, 7) is 6.72. The molecule has 2 heterocycles. The van der Waals surface area contributed by atoms with Crippen molar-refractivity contribution in [2.24, 2.45) is 0 Å². The summed E-state index contributed by atoms with van der Waals surface area (Å²) in [6, 6.07) is 26.3. The summed E-state index contributed by atoms with van der Waals surface area (Å²) in [5, 5.41) is 4.22. The minimum atomic E-state index is -0.146. The Balaban J connectivity index is 1.24. The smallest absolute Gasteiger partial charge is 0.321 e. The summed E-state index contributed by atoms with van der Waals surface area (Å²) in [4.78, 5) is 20.2. The van der Waals surface area contributed by atoms with Crippen molar-refractivity contribution in [3.05, 3.63) is 94.5 Å². The summed E-state index contributed by atoms with van der Waals surface area (Å²) in [6.07, 6.45) is 4.05. The van der Waals surface area contributed by atoms with Crippen LogP contribution < -0.4 is 10.2 Å². The molecule has 2 fully saturated rings. The number of para-hydroxylation sites is 2. The molecule has 0 aromatic heterocycles. The van der Waals surface area contributed by atoms with Gasteiger partial charge >= 0.3 is 6.03 Å². The van der Waals surface area contributed by atoms with E-state index in [-0.39, 0.29) is 11.4 Å². The van der Waals surface area contributed by atoms with Crippen molar-refractivity contribution in [3.63, 3.8) is 0 Å². The maximum Gasteiger partial charge on any atom is 0.321 e. The van der Waals surface area contributed by atoms with Gasteiger partial charge < -0.3 is 15.1 Å². The Bertz CT molecular complexity index is 1200. The van der Waals surface area contributed by atoms with Crippen LogP contribution in [0.1, 0.15) is 31.2 Å². The van der Waals surface area contributed by atoms with E-state index in [0.717, 1.165) is 70.6 Å². The van der Waals surface area contributed by atoms with Crippen molar-refractivity contribution in [1.82, 2.24) is 9.80 Å². The Hall–Kier alpha value is -2.73. The molecule has 1 unspecified atom stereocenters. The molecule has 1 atom stereocenters. The number of carbonyl (C=O) groups is 1. The molecule has 1 N–H and O–H groups in total. The minimum absolute atomic E-state index is 0.0441. The summed E-state index contributed by atoms with van der Waals surface area (Å²) >= 11 is 12.8. The van der Waals surface area contributed by atoms with Crippen molar-refractivity contribution in [1.29, 1.82) is 0 Å². The number of halogens is 2. The summed E-state index contributed by atoms with van der Waals surface area (Å²) < 4.78 is 0. The zero-order valence-electron chi connectivity index (χ0n) is 21.8. The van der Waals surface area contributed by atoms with Crippen LogP contribution in [0.4, 0.5) is 16.2 Å². The topological polar surface area (TPSA) is 38.8 Å². The van der Waals surface area contributed by atoms with E-state index in [1.165, 1.54) is 11.3 Å². The number of nitrogens with one attached hydrogen (secondary N) is 1. The maximum atomic E-state index is 13.2. The minimum Gasteiger partial charge on any atom is -0.369 e. The molecule has 200 valence electrons. The molecule has 2 aliphatic heterocycles. The first-order chi connectivity index (χ1) is 18.5. The molecule has 0 radical (unpaired) electrons. The van der Waals surface area contributed by atoms with Crippen molar-refractivity contribution in [3.8, 4) is 0 Å².